The largest absolute Gasteiger partial charge is 0.399 e. The molecule has 0 spiro atoms. The number of primary sulfonamides is 1. The average Bonchev–Trinajstić information content (AvgIpc) is 2.27. The Morgan fingerprint density at radius 1 is 1.26 bits per heavy atom. The zero-order chi connectivity index (χ0) is 14.7. The minimum Gasteiger partial charge on any atom is -0.399 e. The van der Waals surface area contributed by atoms with Gasteiger partial charge in [-0.05, 0) is 31.5 Å². The number of nitrogen functional groups attached to an aromatic ring is 1. The lowest BCUT2D eigenvalue weighted by Crippen LogP contribution is -2.42. The van der Waals surface area contributed by atoms with E-state index in [1.165, 1.54) is 0 Å². The normalized spacial score (nSPS) is 12.2. The van der Waals surface area contributed by atoms with Gasteiger partial charge in [-0.15, -0.1) is 0 Å². The quantitative estimate of drug-likeness (QED) is 0.658. The molecule has 1 amide bonds. The third-order valence-electron chi connectivity index (χ3n) is 2.87. The first-order chi connectivity index (χ1) is 8.63. The van der Waals surface area contributed by atoms with Crippen molar-refractivity contribution < 1.29 is 13.2 Å². The van der Waals surface area contributed by atoms with Crippen molar-refractivity contribution in [1.82, 2.24) is 5.32 Å². The standard InChI is InChI=1S/C12H19N3O3S/c1-12(2,9-3-5-10(13)6-4-9)11(16)15-7-8-19(14,17)18/h3-6H,7-8,13H2,1-2H3,(H,15,16)(H2,14,17,18). The van der Waals surface area contributed by atoms with Gasteiger partial charge in [0.2, 0.25) is 15.9 Å². The first-order valence-electron chi connectivity index (χ1n) is 5.78. The third-order valence-corrected chi connectivity index (χ3v) is 3.65. The predicted molar refractivity (Wildman–Crippen MR) is 74.9 cm³/mol. The van der Waals surface area contributed by atoms with E-state index in [1.54, 1.807) is 38.1 Å². The van der Waals surface area contributed by atoms with Crippen molar-refractivity contribution in [3.63, 3.8) is 0 Å². The van der Waals surface area contributed by atoms with Crippen molar-refractivity contribution in [2.45, 2.75) is 19.3 Å². The summed E-state index contributed by atoms with van der Waals surface area (Å²) in [5.41, 5.74) is 6.24. The summed E-state index contributed by atoms with van der Waals surface area (Å²) >= 11 is 0. The zero-order valence-corrected chi connectivity index (χ0v) is 11.8. The molecule has 0 fully saturated rings. The zero-order valence-electron chi connectivity index (χ0n) is 11.0. The Morgan fingerprint density at radius 3 is 2.26 bits per heavy atom. The summed E-state index contributed by atoms with van der Waals surface area (Å²) in [6, 6.07) is 6.98. The highest BCUT2D eigenvalue weighted by Gasteiger charge is 2.29. The molecule has 0 aromatic heterocycles. The molecule has 1 rings (SSSR count). The van der Waals surface area contributed by atoms with Crippen LogP contribution >= 0.6 is 0 Å². The number of nitrogens with one attached hydrogen (secondary N) is 1. The molecule has 0 aliphatic carbocycles. The van der Waals surface area contributed by atoms with Gasteiger partial charge in [0, 0.05) is 12.2 Å². The molecule has 1 aromatic carbocycles. The number of sulfonamides is 1. The molecule has 1 aromatic rings. The Kier molecular flexibility index (Phi) is 4.54. The monoisotopic (exact) mass is 285 g/mol. The number of carbonyl (C=O) groups excluding carboxylic acids is 1. The molecule has 19 heavy (non-hydrogen) atoms. The summed E-state index contributed by atoms with van der Waals surface area (Å²) in [6.07, 6.45) is 0. The van der Waals surface area contributed by atoms with Crippen molar-refractivity contribution in [3.8, 4) is 0 Å². The number of nitrogens with two attached hydrogens (primary N) is 2. The van der Waals surface area contributed by atoms with Gasteiger partial charge in [-0.1, -0.05) is 12.1 Å². The van der Waals surface area contributed by atoms with Crippen LogP contribution in [-0.4, -0.2) is 26.6 Å². The molecule has 7 heteroatoms. The number of amides is 1. The highest BCUT2D eigenvalue weighted by atomic mass is 32.2. The Morgan fingerprint density at radius 2 is 1.79 bits per heavy atom. The van der Waals surface area contributed by atoms with E-state index in [4.69, 9.17) is 10.9 Å². The van der Waals surface area contributed by atoms with Gasteiger partial charge in [0.15, 0.2) is 0 Å². The van der Waals surface area contributed by atoms with Gasteiger partial charge in [-0.3, -0.25) is 4.79 Å². The summed E-state index contributed by atoms with van der Waals surface area (Å²) in [4.78, 5) is 12.1. The van der Waals surface area contributed by atoms with E-state index in [2.05, 4.69) is 5.32 Å². The van der Waals surface area contributed by atoms with Crippen LogP contribution in [0, 0.1) is 0 Å². The molecule has 0 unspecified atom stereocenters. The highest BCUT2D eigenvalue weighted by Crippen LogP contribution is 2.24. The smallest absolute Gasteiger partial charge is 0.230 e. The van der Waals surface area contributed by atoms with Crippen molar-refractivity contribution in [3.05, 3.63) is 29.8 Å². The van der Waals surface area contributed by atoms with Crippen LogP contribution in [0.2, 0.25) is 0 Å². The van der Waals surface area contributed by atoms with Crippen molar-refractivity contribution >= 4 is 21.6 Å². The number of hydrogen-bond donors (Lipinski definition) is 3. The predicted octanol–water partition coefficient (Wildman–Crippen LogP) is -0.0489. The fourth-order valence-corrected chi connectivity index (χ4v) is 1.95. The van der Waals surface area contributed by atoms with Crippen molar-refractivity contribution in [2.24, 2.45) is 5.14 Å². The van der Waals surface area contributed by atoms with Gasteiger partial charge < -0.3 is 11.1 Å². The fourth-order valence-electron chi connectivity index (χ4n) is 1.56. The summed E-state index contributed by atoms with van der Waals surface area (Å²) in [5, 5.41) is 7.43. The Hall–Kier alpha value is -1.60. The molecule has 5 N–H and O–H groups in total. The number of benzene rings is 1. The van der Waals surface area contributed by atoms with Crippen molar-refractivity contribution in [1.29, 1.82) is 0 Å². The van der Waals surface area contributed by atoms with Crippen LogP contribution in [0.4, 0.5) is 5.69 Å². The molecule has 0 saturated heterocycles. The molecule has 0 radical (unpaired) electrons. The lowest BCUT2D eigenvalue weighted by molar-refractivity contribution is -0.125. The molecule has 106 valence electrons. The van der Waals surface area contributed by atoms with Gasteiger partial charge in [0.1, 0.15) is 0 Å². The maximum Gasteiger partial charge on any atom is 0.230 e. The maximum absolute atomic E-state index is 12.1. The first-order valence-corrected chi connectivity index (χ1v) is 7.49. The van der Waals surface area contributed by atoms with Gasteiger partial charge >= 0.3 is 0 Å². The van der Waals surface area contributed by atoms with Crippen LogP contribution in [0.5, 0.6) is 0 Å². The van der Waals surface area contributed by atoms with E-state index < -0.39 is 15.4 Å². The van der Waals surface area contributed by atoms with Gasteiger partial charge in [-0.2, -0.15) is 0 Å². The summed E-state index contributed by atoms with van der Waals surface area (Å²) < 4.78 is 21.6. The lowest BCUT2D eigenvalue weighted by Gasteiger charge is -2.24. The van der Waals surface area contributed by atoms with Crippen LogP contribution < -0.4 is 16.2 Å². The minimum atomic E-state index is -3.57. The molecule has 0 aliphatic rings. The van der Waals surface area contributed by atoms with E-state index in [-0.39, 0.29) is 18.2 Å². The number of hydrogen-bond acceptors (Lipinski definition) is 4. The Labute approximate surface area is 113 Å². The van der Waals surface area contributed by atoms with Crippen molar-refractivity contribution in [2.75, 3.05) is 18.0 Å². The fraction of sp³-hybridized carbons (Fsp3) is 0.417. The number of carbonyl (C=O) groups is 1. The lowest BCUT2D eigenvalue weighted by atomic mass is 9.83. The summed E-state index contributed by atoms with van der Waals surface area (Å²) in [5.74, 6) is -0.544. The topological polar surface area (TPSA) is 115 Å². The van der Waals surface area contributed by atoms with E-state index in [1.807, 2.05) is 0 Å². The molecular weight excluding hydrogens is 266 g/mol. The van der Waals surface area contributed by atoms with E-state index in [9.17, 15) is 13.2 Å². The average molecular weight is 285 g/mol. The van der Waals surface area contributed by atoms with Crippen LogP contribution in [0.25, 0.3) is 0 Å². The first kappa shape index (κ1) is 15.5. The molecule has 6 nitrogen and oxygen atoms in total. The van der Waals surface area contributed by atoms with Gasteiger partial charge in [0.25, 0.3) is 0 Å². The summed E-state index contributed by atoms with van der Waals surface area (Å²) in [7, 11) is -3.57. The maximum atomic E-state index is 12.1. The second-order valence-corrected chi connectivity index (χ2v) is 6.60. The minimum absolute atomic E-state index is 0.00390. The van der Waals surface area contributed by atoms with Crippen LogP contribution in [-0.2, 0) is 20.2 Å². The SMILES string of the molecule is CC(C)(C(=O)NCCS(N)(=O)=O)c1ccc(N)cc1. The third kappa shape index (κ3) is 4.53. The highest BCUT2D eigenvalue weighted by molar-refractivity contribution is 7.89. The van der Waals surface area contributed by atoms with E-state index >= 15 is 0 Å². The summed E-state index contributed by atoms with van der Waals surface area (Å²) in [6.45, 7) is 3.51. The second-order valence-electron chi connectivity index (χ2n) is 4.87. The molecule has 0 heterocycles. The van der Waals surface area contributed by atoms with Crippen LogP contribution in [0.15, 0.2) is 24.3 Å². The Balaban J connectivity index is 2.71. The van der Waals surface area contributed by atoms with Crippen LogP contribution in [0.3, 0.4) is 0 Å². The molecule has 0 aliphatic heterocycles. The van der Waals surface area contributed by atoms with E-state index in [0.29, 0.717) is 5.69 Å². The number of anilines is 1. The molecule has 0 atom stereocenters. The second kappa shape index (κ2) is 5.58. The molecule has 0 saturated carbocycles. The Bertz CT molecular complexity index is 550. The molecular formula is C12H19N3O3S. The van der Waals surface area contributed by atoms with Gasteiger partial charge in [0.05, 0.1) is 11.2 Å². The molecule has 0 bridgehead atoms. The van der Waals surface area contributed by atoms with Crippen LogP contribution in [0.1, 0.15) is 19.4 Å². The van der Waals surface area contributed by atoms with Gasteiger partial charge in [-0.25, -0.2) is 13.6 Å². The van der Waals surface area contributed by atoms with E-state index in [0.717, 1.165) is 5.56 Å². The number of rotatable bonds is 5.